The minimum atomic E-state index is -5.29. The number of thiocarbonyl (C=S) groups is 1. The van der Waals surface area contributed by atoms with Crippen molar-refractivity contribution in [1.82, 2.24) is 30.7 Å². The molecule has 3 aromatic heterocycles. The SMILES string of the molecule is Cc1cc(C(C(=O)N2C[C@H](O)C[C@H]2C(=O)N[C@@H](CC(=O)NCCCOc2ccc(-c3ncc(N4C(=S)N(c5ccc(C#N)c(C(F)(F)F)c5F)C(=O)C4(C)C)cc3F)cc2F)c2ccc(-c3scnc3C)cc2)C(C)C)on1. The number of thiazole rings is 1. The maximum absolute atomic E-state index is 15.9. The molecule has 8 rings (SSSR count). The number of halogens is 6. The minimum absolute atomic E-state index is 0.0175. The molecular formula is C54H51F6N9O7S2. The molecule has 3 N–H and O–H groups in total. The summed E-state index contributed by atoms with van der Waals surface area (Å²) in [5.74, 6) is -7.01. The summed E-state index contributed by atoms with van der Waals surface area (Å²) in [5.41, 5.74) is -1.27. The molecule has 0 aliphatic carbocycles. The maximum Gasteiger partial charge on any atom is 0.420 e. The van der Waals surface area contributed by atoms with Gasteiger partial charge in [-0.25, -0.2) is 18.2 Å². The van der Waals surface area contributed by atoms with E-state index in [-0.39, 0.29) is 67.6 Å². The number of nitrogens with one attached hydrogen (secondary N) is 2. The van der Waals surface area contributed by atoms with Crippen molar-refractivity contribution in [1.29, 1.82) is 5.26 Å². The number of nitriles is 1. The molecule has 0 radical (unpaired) electrons. The molecule has 2 aliphatic rings. The van der Waals surface area contributed by atoms with E-state index in [0.29, 0.717) is 28.0 Å². The molecule has 1 unspecified atom stereocenters. The van der Waals surface area contributed by atoms with Crippen LogP contribution in [0.15, 0.2) is 83.0 Å². The van der Waals surface area contributed by atoms with Crippen LogP contribution in [0.1, 0.15) is 92.8 Å². The Morgan fingerprint density at radius 1 is 1.01 bits per heavy atom. The van der Waals surface area contributed by atoms with E-state index < -0.39 is 98.8 Å². The highest BCUT2D eigenvalue weighted by Crippen LogP contribution is 2.43. The zero-order valence-electron chi connectivity index (χ0n) is 42.7. The Balaban J connectivity index is 0.898. The topological polar surface area (TPSA) is 207 Å². The number of aliphatic hydroxyl groups is 1. The van der Waals surface area contributed by atoms with Crippen LogP contribution in [-0.4, -0.2) is 91.3 Å². The molecule has 0 bridgehead atoms. The Kier molecular flexibility index (Phi) is 16.4. The van der Waals surface area contributed by atoms with Gasteiger partial charge >= 0.3 is 6.18 Å². The third-order valence-corrected chi connectivity index (χ3v) is 14.7. The predicted molar refractivity (Wildman–Crippen MR) is 278 cm³/mol. The number of ether oxygens (including phenoxy) is 1. The van der Waals surface area contributed by atoms with Gasteiger partial charge in [0.25, 0.3) is 5.91 Å². The number of pyridine rings is 1. The van der Waals surface area contributed by atoms with E-state index >= 15 is 13.2 Å². The summed E-state index contributed by atoms with van der Waals surface area (Å²) in [6.07, 6.45) is -5.20. The largest absolute Gasteiger partial charge is 0.490 e. The van der Waals surface area contributed by atoms with Crippen LogP contribution in [0.4, 0.5) is 37.7 Å². The average Bonchev–Trinajstić information content (AvgIpc) is 4.36. The Labute approximate surface area is 453 Å². The first-order valence-electron chi connectivity index (χ1n) is 24.5. The van der Waals surface area contributed by atoms with Crippen molar-refractivity contribution in [3.63, 3.8) is 0 Å². The van der Waals surface area contributed by atoms with Crippen molar-refractivity contribution in [2.75, 3.05) is 29.5 Å². The van der Waals surface area contributed by atoms with Crippen LogP contribution in [0.3, 0.4) is 0 Å². The average molecular weight is 1120 g/mol. The van der Waals surface area contributed by atoms with Gasteiger partial charge in [-0.05, 0) is 93.7 Å². The molecule has 78 heavy (non-hydrogen) atoms. The van der Waals surface area contributed by atoms with Gasteiger partial charge < -0.3 is 34.8 Å². The highest BCUT2D eigenvalue weighted by molar-refractivity contribution is 7.81. The third kappa shape index (κ3) is 11.4. The summed E-state index contributed by atoms with van der Waals surface area (Å²) in [6.45, 7) is 9.91. The fourth-order valence-corrected chi connectivity index (χ4v) is 10.9. The number of anilines is 2. The van der Waals surface area contributed by atoms with Gasteiger partial charge in [0.15, 0.2) is 28.3 Å². The molecule has 0 spiro atoms. The van der Waals surface area contributed by atoms with Gasteiger partial charge in [0.1, 0.15) is 34.5 Å². The lowest BCUT2D eigenvalue weighted by Crippen LogP contribution is -2.49. The molecule has 4 atom stereocenters. The second kappa shape index (κ2) is 22.7. The summed E-state index contributed by atoms with van der Waals surface area (Å²) in [4.78, 5) is 67.8. The second-order valence-corrected chi connectivity index (χ2v) is 20.8. The molecule has 3 aromatic carbocycles. The number of carbonyl (C=O) groups is 4. The van der Waals surface area contributed by atoms with Crippen molar-refractivity contribution in [3.05, 3.63) is 130 Å². The molecule has 6 aromatic rings. The number of hydrogen-bond donors (Lipinski definition) is 3. The standard InChI is InChI=1S/C54H51F6N9O7S2/c1-27(2)44(42-18-28(3)66-76-42)50(73)67-25-35(70)21-40(67)49(72)65-38(30-8-10-31(11-9-30)48-29(4)64-26-78-48)22-43(71)62-16-7-17-75-41-15-13-32(19-36(41)55)47-37(56)20-34(24-63-47)69-52(77)68(51(74)53(69,5)6)39-14-12-33(23-61)45(46(39)57)54(58,59)60/h8-15,18-20,24,26-27,35,38,40,44,70H,7,16-17,21-22,25H2,1-6H3,(H,62,71)(H,65,72)/t35-,38+,40+,44?/m1/s1. The maximum atomic E-state index is 15.9. The number of benzene rings is 3. The van der Waals surface area contributed by atoms with Crippen LogP contribution in [0.25, 0.3) is 21.7 Å². The highest BCUT2D eigenvalue weighted by Gasteiger charge is 2.52. The molecule has 0 saturated carbocycles. The van der Waals surface area contributed by atoms with Gasteiger partial charge in [0.2, 0.25) is 17.7 Å². The number of rotatable bonds is 17. The van der Waals surface area contributed by atoms with E-state index in [1.54, 1.807) is 30.6 Å². The third-order valence-electron chi connectivity index (χ3n) is 13.4. The fraction of sp³-hybridized carbons (Fsp3) is 0.352. The van der Waals surface area contributed by atoms with Crippen LogP contribution in [0.5, 0.6) is 5.75 Å². The number of aliphatic hydroxyl groups excluding tert-OH is 1. The molecule has 2 fully saturated rings. The van der Waals surface area contributed by atoms with E-state index in [2.05, 4.69) is 25.8 Å². The predicted octanol–water partition coefficient (Wildman–Crippen LogP) is 9.24. The summed E-state index contributed by atoms with van der Waals surface area (Å²) >= 11 is 6.91. The number of β-amino-alcohol motifs (C(OH)–C–C–N with tert-alkyl or cyclic N) is 1. The summed E-state index contributed by atoms with van der Waals surface area (Å²) in [6, 6.07) is 14.4. The van der Waals surface area contributed by atoms with E-state index in [0.717, 1.165) is 45.4 Å². The molecule has 5 heterocycles. The Hall–Kier alpha value is -7.75. The van der Waals surface area contributed by atoms with Crippen molar-refractivity contribution in [2.24, 2.45) is 5.92 Å². The van der Waals surface area contributed by atoms with Gasteiger partial charge in [-0.3, -0.25) is 29.1 Å². The first-order valence-corrected chi connectivity index (χ1v) is 25.8. The quantitative estimate of drug-likeness (QED) is 0.0443. The smallest absolute Gasteiger partial charge is 0.420 e. The van der Waals surface area contributed by atoms with Crippen LogP contribution >= 0.6 is 23.6 Å². The molecule has 24 heteroatoms. The van der Waals surface area contributed by atoms with Gasteiger partial charge in [-0.1, -0.05) is 43.3 Å². The summed E-state index contributed by atoms with van der Waals surface area (Å²) < 4.78 is 99.5. The molecule has 16 nitrogen and oxygen atoms in total. The zero-order chi connectivity index (χ0) is 56.5. The monoisotopic (exact) mass is 1120 g/mol. The van der Waals surface area contributed by atoms with Crippen molar-refractivity contribution < 1.29 is 59.9 Å². The number of aryl methyl sites for hydroxylation is 2. The van der Waals surface area contributed by atoms with Crippen LogP contribution in [0.2, 0.25) is 0 Å². The van der Waals surface area contributed by atoms with Crippen molar-refractivity contribution in [2.45, 2.75) is 96.6 Å². The number of hydrogen-bond acceptors (Lipinski definition) is 13. The van der Waals surface area contributed by atoms with Gasteiger partial charge in [-0.15, -0.1) is 11.3 Å². The number of carbonyl (C=O) groups excluding carboxylic acids is 4. The van der Waals surface area contributed by atoms with E-state index in [1.807, 2.05) is 32.9 Å². The minimum Gasteiger partial charge on any atom is -0.490 e. The fourth-order valence-electron chi connectivity index (χ4n) is 9.53. The van der Waals surface area contributed by atoms with Crippen LogP contribution in [-0.2, 0) is 25.4 Å². The van der Waals surface area contributed by atoms with Crippen LogP contribution in [0, 0.1) is 48.5 Å². The van der Waals surface area contributed by atoms with E-state index in [9.17, 15) is 42.7 Å². The number of likely N-dealkylation sites (tertiary alicyclic amines) is 1. The molecule has 4 amide bonds. The molecule has 2 aliphatic heterocycles. The highest BCUT2D eigenvalue weighted by atomic mass is 32.1. The number of alkyl halides is 3. The first-order chi connectivity index (χ1) is 36.9. The lowest BCUT2D eigenvalue weighted by Gasteiger charge is -2.30. The number of nitrogens with zero attached hydrogens (tertiary/aromatic N) is 7. The van der Waals surface area contributed by atoms with E-state index in [1.165, 1.54) is 48.3 Å². The summed E-state index contributed by atoms with van der Waals surface area (Å²) in [7, 11) is 0. The number of aromatic nitrogens is 3. The summed E-state index contributed by atoms with van der Waals surface area (Å²) in [5, 5.41) is 29.2. The normalized spacial score (nSPS) is 17.1. The van der Waals surface area contributed by atoms with Gasteiger partial charge in [0, 0.05) is 37.2 Å². The van der Waals surface area contributed by atoms with Crippen molar-refractivity contribution in [3.8, 4) is 33.5 Å². The lowest BCUT2D eigenvalue weighted by atomic mass is 9.91. The lowest BCUT2D eigenvalue weighted by molar-refractivity contribution is -0.141. The zero-order valence-corrected chi connectivity index (χ0v) is 44.4. The van der Waals surface area contributed by atoms with Crippen LogP contribution < -0.4 is 25.2 Å². The Morgan fingerprint density at radius 3 is 2.35 bits per heavy atom. The van der Waals surface area contributed by atoms with Crippen molar-refractivity contribution >= 4 is 63.7 Å². The van der Waals surface area contributed by atoms with E-state index in [4.69, 9.17) is 21.5 Å². The van der Waals surface area contributed by atoms with Gasteiger partial charge in [-0.2, -0.15) is 18.4 Å². The molecule has 408 valence electrons. The molecule has 2 saturated heterocycles. The molecular weight excluding hydrogens is 1060 g/mol. The Morgan fingerprint density at radius 2 is 1.73 bits per heavy atom. The number of amides is 4. The van der Waals surface area contributed by atoms with Gasteiger partial charge in [0.05, 0.1) is 76.2 Å². The second-order valence-electron chi connectivity index (χ2n) is 19.6. The first kappa shape index (κ1) is 56.5. The Bertz CT molecular complexity index is 3340.